The van der Waals surface area contributed by atoms with Crippen molar-refractivity contribution in [2.45, 2.75) is 0 Å². The molecule has 0 aliphatic rings. The third-order valence-corrected chi connectivity index (χ3v) is 7.11. The van der Waals surface area contributed by atoms with Gasteiger partial charge in [0.05, 0.1) is 5.52 Å². The van der Waals surface area contributed by atoms with Crippen molar-refractivity contribution in [2.75, 3.05) is 0 Å². The van der Waals surface area contributed by atoms with Crippen LogP contribution in [-0.2, 0) is 0 Å². The van der Waals surface area contributed by atoms with E-state index < -0.39 is 0 Å². The molecule has 0 spiro atoms. The molecule has 0 atom stereocenters. The number of para-hydroxylation sites is 1. The molecule has 1 aromatic heterocycles. The van der Waals surface area contributed by atoms with Crippen molar-refractivity contribution in [3.05, 3.63) is 140 Å². The highest BCUT2D eigenvalue weighted by Crippen LogP contribution is 2.43. The Morgan fingerprint density at radius 3 is 1.47 bits per heavy atom. The average molecular weight is 458 g/mol. The maximum absolute atomic E-state index is 4.66. The van der Waals surface area contributed by atoms with E-state index in [9.17, 15) is 0 Å². The normalized spacial score (nSPS) is 11.3. The molecule has 1 nitrogen and oxygen atoms in total. The minimum atomic E-state index is 1.04. The molecule has 0 N–H and O–H groups in total. The van der Waals surface area contributed by atoms with E-state index in [2.05, 4.69) is 132 Å². The molecular formula is C35H23N. The van der Waals surface area contributed by atoms with Gasteiger partial charge in [-0.15, -0.1) is 0 Å². The van der Waals surface area contributed by atoms with Crippen LogP contribution in [0.25, 0.3) is 65.8 Å². The number of pyridine rings is 1. The van der Waals surface area contributed by atoms with Crippen molar-refractivity contribution in [1.29, 1.82) is 0 Å². The van der Waals surface area contributed by atoms with Gasteiger partial charge in [0.1, 0.15) is 0 Å². The Bertz CT molecular complexity index is 1800. The second-order valence-corrected chi connectivity index (χ2v) is 9.17. The van der Waals surface area contributed by atoms with E-state index in [0.29, 0.717) is 0 Å². The van der Waals surface area contributed by atoms with Crippen molar-refractivity contribution < 1.29 is 0 Å². The molecule has 6 aromatic carbocycles. The molecule has 0 aliphatic carbocycles. The first-order valence-corrected chi connectivity index (χ1v) is 12.3. The molecule has 7 aromatic rings. The molecule has 1 heterocycles. The lowest BCUT2D eigenvalue weighted by molar-refractivity contribution is 1.41. The SMILES string of the molecule is c1ccc(-c2c3ccccc3c(-c3ccc(-c4cccc5cccnc45)cc3)c3ccccc23)cc1. The second kappa shape index (κ2) is 8.48. The van der Waals surface area contributed by atoms with Gasteiger partial charge in [-0.05, 0) is 55.4 Å². The summed E-state index contributed by atoms with van der Waals surface area (Å²) in [6.45, 7) is 0. The molecule has 0 saturated heterocycles. The van der Waals surface area contributed by atoms with Gasteiger partial charge < -0.3 is 0 Å². The van der Waals surface area contributed by atoms with E-state index in [0.717, 1.165) is 16.5 Å². The number of aromatic nitrogens is 1. The van der Waals surface area contributed by atoms with Crippen molar-refractivity contribution in [1.82, 2.24) is 4.98 Å². The Balaban J connectivity index is 1.47. The van der Waals surface area contributed by atoms with Crippen molar-refractivity contribution >= 4 is 32.4 Å². The molecule has 168 valence electrons. The summed E-state index contributed by atoms with van der Waals surface area (Å²) in [6, 6.07) is 47.8. The van der Waals surface area contributed by atoms with Crippen LogP contribution in [0, 0.1) is 0 Å². The molecule has 0 unspecified atom stereocenters. The van der Waals surface area contributed by atoms with Crippen molar-refractivity contribution in [2.24, 2.45) is 0 Å². The van der Waals surface area contributed by atoms with Crippen LogP contribution >= 0.6 is 0 Å². The van der Waals surface area contributed by atoms with Crippen molar-refractivity contribution in [3.8, 4) is 33.4 Å². The first-order chi connectivity index (χ1) is 17.9. The lowest BCUT2D eigenvalue weighted by Gasteiger charge is -2.18. The first-order valence-electron chi connectivity index (χ1n) is 12.3. The number of rotatable bonds is 3. The van der Waals surface area contributed by atoms with Gasteiger partial charge in [0.2, 0.25) is 0 Å². The van der Waals surface area contributed by atoms with Gasteiger partial charge in [-0.1, -0.05) is 127 Å². The molecule has 0 aliphatic heterocycles. The minimum Gasteiger partial charge on any atom is -0.256 e. The van der Waals surface area contributed by atoms with E-state index in [-0.39, 0.29) is 0 Å². The van der Waals surface area contributed by atoms with Crippen LogP contribution in [0.5, 0.6) is 0 Å². The number of nitrogens with zero attached hydrogens (tertiary/aromatic N) is 1. The third kappa shape index (κ3) is 3.29. The van der Waals surface area contributed by atoms with E-state index >= 15 is 0 Å². The Morgan fingerprint density at radius 1 is 0.361 bits per heavy atom. The van der Waals surface area contributed by atoms with Crippen molar-refractivity contribution in [3.63, 3.8) is 0 Å². The predicted molar refractivity (Wildman–Crippen MR) is 153 cm³/mol. The summed E-state index contributed by atoms with van der Waals surface area (Å²) >= 11 is 0. The van der Waals surface area contributed by atoms with Gasteiger partial charge in [-0.3, -0.25) is 4.98 Å². The van der Waals surface area contributed by atoms with E-state index in [1.807, 2.05) is 12.3 Å². The molecular weight excluding hydrogens is 434 g/mol. The number of fused-ring (bicyclic) bond motifs is 3. The maximum Gasteiger partial charge on any atom is 0.0780 e. The van der Waals surface area contributed by atoms with Crippen LogP contribution in [0.3, 0.4) is 0 Å². The molecule has 0 fully saturated rings. The Kier molecular flexibility index (Phi) is 4.85. The van der Waals surface area contributed by atoms with E-state index in [1.165, 1.54) is 49.4 Å². The summed E-state index contributed by atoms with van der Waals surface area (Å²) in [7, 11) is 0. The van der Waals surface area contributed by atoms with Gasteiger partial charge in [0.15, 0.2) is 0 Å². The average Bonchev–Trinajstić information content (AvgIpc) is 2.96. The maximum atomic E-state index is 4.66. The molecule has 7 rings (SSSR count). The number of hydrogen-bond donors (Lipinski definition) is 0. The van der Waals surface area contributed by atoms with Crippen LogP contribution in [0.2, 0.25) is 0 Å². The molecule has 0 amide bonds. The van der Waals surface area contributed by atoms with E-state index in [1.54, 1.807) is 0 Å². The third-order valence-electron chi connectivity index (χ3n) is 7.11. The smallest absolute Gasteiger partial charge is 0.0780 e. The molecule has 1 heteroatoms. The first kappa shape index (κ1) is 20.6. The molecule has 36 heavy (non-hydrogen) atoms. The largest absolute Gasteiger partial charge is 0.256 e. The topological polar surface area (TPSA) is 12.9 Å². The number of hydrogen-bond acceptors (Lipinski definition) is 1. The molecule has 0 bridgehead atoms. The van der Waals surface area contributed by atoms with Crippen LogP contribution in [0.1, 0.15) is 0 Å². The summed E-state index contributed by atoms with van der Waals surface area (Å²) in [4.78, 5) is 4.66. The minimum absolute atomic E-state index is 1.04. The van der Waals surface area contributed by atoms with Crippen LogP contribution in [0.15, 0.2) is 140 Å². The van der Waals surface area contributed by atoms with Gasteiger partial charge >= 0.3 is 0 Å². The standard InChI is InChI=1S/C35H23N/c1-2-10-25(11-3-1)33-29-14-4-6-16-31(29)34(32-17-7-5-15-30(32)33)26-21-19-24(20-22-26)28-18-8-12-27-13-9-23-36-35(27)28/h1-23H. The zero-order chi connectivity index (χ0) is 23.9. The highest BCUT2D eigenvalue weighted by Gasteiger charge is 2.16. The number of benzene rings is 6. The summed E-state index contributed by atoms with van der Waals surface area (Å²) in [6.07, 6.45) is 1.87. The van der Waals surface area contributed by atoms with Gasteiger partial charge in [0, 0.05) is 17.1 Å². The summed E-state index contributed by atoms with van der Waals surface area (Å²) < 4.78 is 0. The summed E-state index contributed by atoms with van der Waals surface area (Å²) in [5, 5.41) is 6.26. The molecule has 0 saturated carbocycles. The van der Waals surface area contributed by atoms with Gasteiger partial charge in [-0.25, -0.2) is 0 Å². The molecule has 0 radical (unpaired) electrons. The Hall–Kier alpha value is -4.75. The fourth-order valence-electron chi connectivity index (χ4n) is 5.51. The highest BCUT2D eigenvalue weighted by atomic mass is 14.6. The predicted octanol–water partition coefficient (Wildman–Crippen LogP) is 9.54. The van der Waals surface area contributed by atoms with Gasteiger partial charge in [-0.2, -0.15) is 0 Å². The van der Waals surface area contributed by atoms with Crippen LogP contribution < -0.4 is 0 Å². The summed E-state index contributed by atoms with van der Waals surface area (Å²) in [5.74, 6) is 0. The lowest BCUT2D eigenvalue weighted by Crippen LogP contribution is -1.91. The zero-order valence-electron chi connectivity index (χ0n) is 19.7. The van der Waals surface area contributed by atoms with Crippen LogP contribution in [0.4, 0.5) is 0 Å². The monoisotopic (exact) mass is 457 g/mol. The van der Waals surface area contributed by atoms with E-state index in [4.69, 9.17) is 0 Å². The fraction of sp³-hybridized carbons (Fsp3) is 0. The van der Waals surface area contributed by atoms with Gasteiger partial charge in [0.25, 0.3) is 0 Å². The Morgan fingerprint density at radius 2 is 0.861 bits per heavy atom. The summed E-state index contributed by atoms with van der Waals surface area (Å²) in [5.41, 5.74) is 8.42. The lowest BCUT2D eigenvalue weighted by atomic mass is 9.85. The second-order valence-electron chi connectivity index (χ2n) is 9.17. The highest BCUT2D eigenvalue weighted by molar-refractivity contribution is 6.21. The zero-order valence-corrected chi connectivity index (χ0v) is 19.7. The van der Waals surface area contributed by atoms with Crippen LogP contribution in [-0.4, -0.2) is 4.98 Å². The quantitative estimate of drug-likeness (QED) is 0.241. The fourth-order valence-corrected chi connectivity index (χ4v) is 5.51. The Labute approximate surface area is 210 Å².